The van der Waals surface area contributed by atoms with Gasteiger partial charge in [-0.15, -0.1) is 24.0 Å². The molecule has 2 aromatic rings. The summed E-state index contributed by atoms with van der Waals surface area (Å²) in [4.78, 5) is 8.43. The molecule has 0 saturated heterocycles. The van der Waals surface area contributed by atoms with Crippen molar-refractivity contribution in [3.05, 3.63) is 42.1 Å². The smallest absolute Gasteiger partial charge is 0.216 e. The van der Waals surface area contributed by atoms with Gasteiger partial charge in [-0.25, -0.2) is 9.98 Å². The number of aromatic nitrogens is 1. The fourth-order valence-electron chi connectivity index (χ4n) is 1.74. The third-order valence-electron chi connectivity index (χ3n) is 3.04. The van der Waals surface area contributed by atoms with E-state index in [1.165, 1.54) is 0 Å². The zero-order chi connectivity index (χ0) is 16.2. The lowest BCUT2D eigenvalue weighted by atomic mass is 9.94. The first-order valence-corrected chi connectivity index (χ1v) is 7.04. The van der Waals surface area contributed by atoms with Gasteiger partial charge in [-0.3, -0.25) is 0 Å². The minimum atomic E-state index is -0.0676. The molecule has 1 aromatic heterocycles. The second-order valence-corrected chi connectivity index (χ2v) is 5.92. The highest BCUT2D eigenvalue weighted by Gasteiger charge is 2.18. The van der Waals surface area contributed by atoms with Gasteiger partial charge in [-0.1, -0.05) is 20.8 Å². The van der Waals surface area contributed by atoms with E-state index in [2.05, 4.69) is 36.1 Å². The van der Waals surface area contributed by atoms with Crippen LogP contribution in [-0.4, -0.2) is 18.1 Å². The van der Waals surface area contributed by atoms with Gasteiger partial charge in [0.1, 0.15) is 18.1 Å². The minimum Gasteiger partial charge on any atom is -0.497 e. The van der Waals surface area contributed by atoms with Gasteiger partial charge in [0.25, 0.3) is 0 Å². The summed E-state index contributed by atoms with van der Waals surface area (Å²) < 4.78 is 10.8. The molecule has 3 N–H and O–H groups in total. The van der Waals surface area contributed by atoms with Crippen molar-refractivity contribution in [2.75, 3.05) is 12.4 Å². The van der Waals surface area contributed by atoms with Crippen LogP contribution >= 0.6 is 24.0 Å². The van der Waals surface area contributed by atoms with Gasteiger partial charge in [0, 0.05) is 11.1 Å². The summed E-state index contributed by atoms with van der Waals surface area (Å²) in [5.41, 5.74) is 6.63. The molecule has 0 saturated carbocycles. The van der Waals surface area contributed by atoms with Crippen molar-refractivity contribution < 1.29 is 9.15 Å². The minimum absolute atomic E-state index is 0. The lowest BCUT2D eigenvalue weighted by Gasteiger charge is -2.12. The molecule has 2 rings (SSSR count). The van der Waals surface area contributed by atoms with E-state index in [1.54, 1.807) is 13.3 Å². The number of guanidine groups is 1. The van der Waals surface area contributed by atoms with E-state index in [4.69, 9.17) is 14.9 Å². The van der Waals surface area contributed by atoms with Crippen molar-refractivity contribution in [3.63, 3.8) is 0 Å². The standard InChI is InChI=1S/C16H22N4O2.HI/c1-16(2,3)13-9-18-14(22-13)10-19-15(17)20-11-5-7-12(21-4)8-6-11;/h5-9H,10H2,1-4H3,(H3,17,19,20);1H. The molecule has 0 bridgehead atoms. The molecule has 0 atom stereocenters. The largest absolute Gasteiger partial charge is 0.497 e. The van der Waals surface area contributed by atoms with Crippen molar-refractivity contribution in [1.82, 2.24) is 4.98 Å². The Bertz CT molecular complexity index is 645. The van der Waals surface area contributed by atoms with Gasteiger partial charge in [0.15, 0.2) is 5.96 Å². The highest BCUT2D eigenvalue weighted by molar-refractivity contribution is 14.0. The van der Waals surface area contributed by atoms with E-state index < -0.39 is 0 Å². The number of rotatable bonds is 4. The molecule has 7 heteroatoms. The van der Waals surface area contributed by atoms with E-state index >= 15 is 0 Å². The average molecular weight is 430 g/mol. The van der Waals surface area contributed by atoms with Crippen molar-refractivity contribution in [2.45, 2.75) is 32.7 Å². The maximum atomic E-state index is 5.85. The van der Waals surface area contributed by atoms with Crippen molar-refractivity contribution in [1.29, 1.82) is 0 Å². The highest BCUT2D eigenvalue weighted by Crippen LogP contribution is 2.22. The predicted octanol–water partition coefficient (Wildman–Crippen LogP) is 3.53. The Morgan fingerprint density at radius 1 is 1.30 bits per heavy atom. The topological polar surface area (TPSA) is 85.7 Å². The Kier molecular flexibility index (Phi) is 6.86. The van der Waals surface area contributed by atoms with Crippen molar-refractivity contribution in [2.24, 2.45) is 10.7 Å². The van der Waals surface area contributed by atoms with Crippen LogP contribution in [0.4, 0.5) is 5.69 Å². The fourth-order valence-corrected chi connectivity index (χ4v) is 1.74. The van der Waals surface area contributed by atoms with Crippen LogP contribution < -0.4 is 15.8 Å². The van der Waals surface area contributed by atoms with Gasteiger partial charge in [0.05, 0.1) is 13.3 Å². The van der Waals surface area contributed by atoms with E-state index in [0.717, 1.165) is 17.2 Å². The zero-order valence-corrected chi connectivity index (χ0v) is 16.1. The molecule has 0 amide bonds. The summed E-state index contributed by atoms with van der Waals surface area (Å²) in [5.74, 6) is 2.47. The van der Waals surface area contributed by atoms with E-state index in [-0.39, 0.29) is 29.4 Å². The highest BCUT2D eigenvalue weighted by atomic mass is 127. The summed E-state index contributed by atoms with van der Waals surface area (Å²) in [7, 11) is 1.63. The van der Waals surface area contributed by atoms with Crippen molar-refractivity contribution >= 4 is 35.6 Å². The second kappa shape index (κ2) is 8.19. The molecule has 0 aliphatic heterocycles. The average Bonchev–Trinajstić information content (AvgIpc) is 2.95. The molecule has 6 nitrogen and oxygen atoms in total. The summed E-state index contributed by atoms with van der Waals surface area (Å²) >= 11 is 0. The molecule has 0 aliphatic carbocycles. The van der Waals surface area contributed by atoms with Crippen LogP contribution in [0.25, 0.3) is 0 Å². The first-order valence-electron chi connectivity index (χ1n) is 7.04. The summed E-state index contributed by atoms with van der Waals surface area (Å²) in [5, 5.41) is 3.00. The third-order valence-corrected chi connectivity index (χ3v) is 3.04. The van der Waals surface area contributed by atoms with Crippen LogP contribution in [0.1, 0.15) is 32.4 Å². The number of methoxy groups -OCH3 is 1. The lowest BCUT2D eigenvalue weighted by molar-refractivity contribution is 0.383. The number of nitrogens with one attached hydrogen (secondary N) is 1. The number of ether oxygens (including phenoxy) is 1. The number of nitrogens with two attached hydrogens (primary N) is 1. The van der Waals surface area contributed by atoms with Gasteiger partial charge in [-0.2, -0.15) is 0 Å². The second-order valence-electron chi connectivity index (χ2n) is 5.92. The first kappa shape index (κ1) is 19.3. The summed E-state index contributed by atoms with van der Waals surface area (Å²) in [6.45, 7) is 6.51. The van der Waals surface area contributed by atoms with Crippen LogP contribution in [-0.2, 0) is 12.0 Å². The Balaban J connectivity index is 0.00000264. The molecule has 0 fully saturated rings. The number of halogens is 1. The van der Waals surface area contributed by atoms with Crippen LogP contribution in [0.2, 0.25) is 0 Å². The molecule has 0 aliphatic rings. The Morgan fingerprint density at radius 3 is 2.48 bits per heavy atom. The Morgan fingerprint density at radius 2 is 1.96 bits per heavy atom. The van der Waals surface area contributed by atoms with Gasteiger partial charge < -0.3 is 20.2 Å². The van der Waals surface area contributed by atoms with E-state index in [1.807, 2.05) is 24.3 Å². The maximum Gasteiger partial charge on any atom is 0.216 e. The molecule has 23 heavy (non-hydrogen) atoms. The molecular weight excluding hydrogens is 407 g/mol. The molecule has 126 valence electrons. The fraction of sp³-hybridized carbons (Fsp3) is 0.375. The molecular formula is C16H23IN4O2. The monoisotopic (exact) mass is 430 g/mol. The lowest BCUT2D eigenvalue weighted by Crippen LogP contribution is -2.22. The van der Waals surface area contributed by atoms with Crippen LogP contribution in [0.15, 0.2) is 39.9 Å². The van der Waals surface area contributed by atoms with Crippen molar-refractivity contribution in [3.8, 4) is 5.75 Å². The SMILES string of the molecule is COc1ccc(NC(N)=NCc2ncc(C(C)(C)C)o2)cc1.I. The van der Waals surface area contributed by atoms with Crippen LogP contribution in [0, 0.1) is 0 Å². The normalized spacial score (nSPS) is 11.7. The number of oxazole rings is 1. The maximum absolute atomic E-state index is 5.85. The van der Waals surface area contributed by atoms with Crippen LogP contribution in [0.3, 0.4) is 0 Å². The summed E-state index contributed by atoms with van der Waals surface area (Å²) in [6, 6.07) is 7.42. The van der Waals surface area contributed by atoms with E-state index in [0.29, 0.717) is 18.4 Å². The predicted molar refractivity (Wildman–Crippen MR) is 103 cm³/mol. The quantitative estimate of drug-likeness (QED) is 0.441. The van der Waals surface area contributed by atoms with Gasteiger partial charge in [0.2, 0.25) is 5.89 Å². The number of anilines is 1. The number of hydrogen-bond donors (Lipinski definition) is 2. The number of hydrogen-bond acceptors (Lipinski definition) is 4. The number of benzene rings is 1. The van der Waals surface area contributed by atoms with Gasteiger partial charge >= 0.3 is 0 Å². The number of nitrogens with zero attached hydrogens (tertiary/aromatic N) is 2. The van der Waals surface area contributed by atoms with Crippen LogP contribution in [0.5, 0.6) is 5.75 Å². The number of aliphatic imine (C=N–C) groups is 1. The zero-order valence-electron chi connectivity index (χ0n) is 13.8. The first-order chi connectivity index (χ1) is 10.4. The third kappa shape index (κ3) is 5.74. The Labute approximate surface area is 153 Å². The molecule has 1 heterocycles. The molecule has 0 unspecified atom stereocenters. The molecule has 0 radical (unpaired) electrons. The molecule has 1 aromatic carbocycles. The summed E-state index contributed by atoms with van der Waals surface area (Å²) in [6.07, 6.45) is 1.73. The van der Waals surface area contributed by atoms with E-state index in [9.17, 15) is 0 Å². The van der Waals surface area contributed by atoms with Gasteiger partial charge in [-0.05, 0) is 24.3 Å². The Hall–Kier alpha value is -1.77. The molecule has 0 spiro atoms.